The zero-order chi connectivity index (χ0) is 8.41. The van der Waals surface area contributed by atoms with Crippen LogP contribution in [0.15, 0.2) is 0 Å². The summed E-state index contributed by atoms with van der Waals surface area (Å²) < 4.78 is 0. The minimum absolute atomic E-state index is 0.184. The lowest BCUT2D eigenvalue weighted by Crippen LogP contribution is -2.55. The first kappa shape index (κ1) is 9.88. The van der Waals surface area contributed by atoms with E-state index in [1.807, 2.05) is 27.7 Å². The Morgan fingerprint density at radius 3 is 1.60 bits per heavy atom. The number of hydrogen-bond acceptors (Lipinski definition) is 3. The summed E-state index contributed by atoms with van der Waals surface area (Å²) in [7, 11) is 0. The highest BCUT2D eigenvalue weighted by Gasteiger charge is 2.15. The molecule has 0 aromatic carbocycles. The van der Waals surface area contributed by atoms with Crippen molar-refractivity contribution in [1.82, 2.24) is 5.32 Å². The van der Waals surface area contributed by atoms with Crippen LogP contribution in [0.25, 0.3) is 0 Å². The van der Waals surface area contributed by atoms with Crippen LogP contribution in [0, 0.1) is 0 Å². The Morgan fingerprint density at radius 1 is 1.10 bits per heavy atom. The second-order valence-corrected chi connectivity index (χ2v) is 4.06. The molecule has 0 unspecified atom stereocenters. The Bertz CT molecular complexity index is 82.4. The summed E-state index contributed by atoms with van der Waals surface area (Å²) in [4.78, 5) is 0. The van der Waals surface area contributed by atoms with Crippen molar-refractivity contribution in [3.63, 3.8) is 0 Å². The summed E-state index contributed by atoms with van der Waals surface area (Å²) in [6.45, 7) is 8.49. The first-order valence-electron chi connectivity index (χ1n) is 3.53. The van der Waals surface area contributed by atoms with Gasteiger partial charge in [-0.3, -0.25) is 5.32 Å². The molecule has 0 atom stereocenters. The predicted molar refractivity (Wildman–Crippen MR) is 44.5 cm³/mol. The van der Waals surface area contributed by atoms with Gasteiger partial charge in [-0.25, -0.2) is 0 Å². The van der Waals surface area contributed by atoms with Crippen molar-refractivity contribution >= 4 is 0 Å². The van der Waals surface area contributed by atoms with Crippen molar-refractivity contribution in [1.29, 1.82) is 0 Å². The van der Waals surface area contributed by atoms with Crippen LogP contribution in [0.1, 0.15) is 27.7 Å². The van der Waals surface area contributed by atoms with Crippen molar-refractivity contribution < 1.29 is 0 Å². The SMILES string of the molecule is CC(C)(N)CNC(C)(C)N. The van der Waals surface area contributed by atoms with Crippen LogP contribution in [0.3, 0.4) is 0 Å². The maximum atomic E-state index is 5.72. The maximum Gasteiger partial charge on any atom is 0.0604 e. The Balaban J connectivity index is 3.56. The Labute approximate surface area is 63.2 Å². The summed E-state index contributed by atoms with van der Waals surface area (Å²) in [5.74, 6) is 0. The van der Waals surface area contributed by atoms with Gasteiger partial charge >= 0.3 is 0 Å². The summed E-state index contributed by atoms with van der Waals surface area (Å²) in [6.07, 6.45) is 0. The Hall–Kier alpha value is -0.120. The molecule has 0 saturated heterocycles. The highest BCUT2D eigenvalue weighted by Crippen LogP contribution is 1.96. The second kappa shape index (κ2) is 2.86. The van der Waals surface area contributed by atoms with Crippen LogP contribution >= 0.6 is 0 Å². The first-order valence-corrected chi connectivity index (χ1v) is 3.53. The Kier molecular flexibility index (Phi) is 2.83. The molecule has 0 heterocycles. The average Bonchev–Trinajstić information content (AvgIpc) is 1.57. The summed E-state index contributed by atoms with van der Waals surface area (Å²) >= 11 is 0. The van der Waals surface area contributed by atoms with Gasteiger partial charge < -0.3 is 11.5 Å². The van der Waals surface area contributed by atoms with Crippen LogP contribution in [0.5, 0.6) is 0 Å². The van der Waals surface area contributed by atoms with Crippen molar-refractivity contribution in [2.24, 2.45) is 11.5 Å². The molecule has 0 amide bonds. The van der Waals surface area contributed by atoms with Gasteiger partial charge in [0, 0.05) is 12.1 Å². The minimum Gasteiger partial charge on any atom is -0.324 e. The molecule has 10 heavy (non-hydrogen) atoms. The van der Waals surface area contributed by atoms with Gasteiger partial charge in [0.05, 0.1) is 5.66 Å². The summed E-state index contributed by atoms with van der Waals surface area (Å²) in [5, 5.41) is 3.11. The van der Waals surface area contributed by atoms with E-state index in [0.29, 0.717) is 0 Å². The van der Waals surface area contributed by atoms with Crippen LogP contribution in [0.2, 0.25) is 0 Å². The van der Waals surface area contributed by atoms with Gasteiger partial charge in [-0.1, -0.05) is 0 Å². The van der Waals surface area contributed by atoms with E-state index >= 15 is 0 Å². The van der Waals surface area contributed by atoms with Crippen molar-refractivity contribution in [3.8, 4) is 0 Å². The number of rotatable bonds is 3. The van der Waals surface area contributed by atoms with E-state index in [9.17, 15) is 0 Å². The normalized spacial score (nSPS) is 13.8. The summed E-state index contributed by atoms with van der Waals surface area (Å²) in [5.41, 5.74) is 10.9. The quantitative estimate of drug-likeness (QED) is 0.490. The topological polar surface area (TPSA) is 64.1 Å². The number of nitrogens with one attached hydrogen (secondary N) is 1. The number of hydrogen-bond donors (Lipinski definition) is 3. The average molecular weight is 145 g/mol. The molecule has 3 heteroatoms. The molecule has 0 spiro atoms. The predicted octanol–water partition coefficient (Wildman–Crippen LogP) is 0.00810. The van der Waals surface area contributed by atoms with Gasteiger partial charge in [0.25, 0.3) is 0 Å². The third-order valence-corrected chi connectivity index (χ3v) is 1.000. The van der Waals surface area contributed by atoms with Crippen LogP contribution in [-0.4, -0.2) is 17.7 Å². The minimum atomic E-state index is -0.323. The van der Waals surface area contributed by atoms with E-state index < -0.39 is 0 Å². The molecule has 0 bridgehead atoms. The molecule has 0 aliphatic heterocycles. The summed E-state index contributed by atoms with van der Waals surface area (Å²) in [6, 6.07) is 0. The van der Waals surface area contributed by atoms with E-state index in [2.05, 4.69) is 5.32 Å². The van der Waals surface area contributed by atoms with Gasteiger partial charge in [0.15, 0.2) is 0 Å². The zero-order valence-electron chi connectivity index (χ0n) is 7.36. The molecule has 5 N–H and O–H groups in total. The molecule has 0 rings (SSSR count). The maximum absolute atomic E-state index is 5.72. The van der Waals surface area contributed by atoms with E-state index in [1.54, 1.807) is 0 Å². The lowest BCUT2D eigenvalue weighted by atomic mass is 10.1. The monoisotopic (exact) mass is 145 g/mol. The lowest BCUT2D eigenvalue weighted by Gasteiger charge is -2.27. The van der Waals surface area contributed by atoms with E-state index in [0.717, 1.165) is 6.54 Å². The van der Waals surface area contributed by atoms with Crippen LogP contribution < -0.4 is 16.8 Å². The molecular weight excluding hydrogens is 126 g/mol. The van der Waals surface area contributed by atoms with Crippen LogP contribution in [0.4, 0.5) is 0 Å². The fraction of sp³-hybridized carbons (Fsp3) is 1.00. The van der Waals surface area contributed by atoms with Crippen molar-refractivity contribution in [2.45, 2.75) is 38.9 Å². The molecule has 0 fully saturated rings. The first-order chi connectivity index (χ1) is 4.21. The fourth-order valence-corrected chi connectivity index (χ4v) is 0.456. The molecular formula is C7H19N3. The van der Waals surface area contributed by atoms with Gasteiger partial charge in [-0.15, -0.1) is 0 Å². The number of nitrogens with two attached hydrogens (primary N) is 2. The Morgan fingerprint density at radius 2 is 1.50 bits per heavy atom. The van der Waals surface area contributed by atoms with Gasteiger partial charge in [-0.05, 0) is 27.7 Å². The van der Waals surface area contributed by atoms with Gasteiger partial charge in [0.2, 0.25) is 0 Å². The van der Waals surface area contributed by atoms with Crippen LogP contribution in [-0.2, 0) is 0 Å². The largest absolute Gasteiger partial charge is 0.324 e. The highest BCUT2D eigenvalue weighted by molar-refractivity contribution is 4.79. The van der Waals surface area contributed by atoms with Gasteiger partial charge in [-0.2, -0.15) is 0 Å². The van der Waals surface area contributed by atoms with Crippen molar-refractivity contribution in [2.75, 3.05) is 6.54 Å². The van der Waals surface area contributed by atoms with E-state index in [4.69, 9.17) is 11.5 Å². The van der Waals surface area contributed by atoms with Crippen molar-refractivity contribution in [3.05, 3.63) is 0 Å². The molecule has 0 aromatic rings. The second-order valence-electron chi connectivity index (χ2n) is 4.06. The molecule has 62 valence electrons. The van der Waals surface area contributed by atoms with E-state index in [-0.39, 0.29) is 11.2 Å². The smallest absolute Gasteiger partial charge is 0.0604 e. The molecule has 0 aromatic heterocycles. The lowest BCUT2D eigenvalue weighted by molar-refractivity contribution is 0.350. The fourth-order valence-electron chi connectivity index (χ4n) is 0.456. The third-order valence-electron chi connectivity index (χ3n) is 1.000. The molecule has 0 saturated carbocycles. The molecule has 3 nitrogen and oxygen atoms in total. The standard InChI is InChI=1S/C7H19N3/c1-6(2,8)5-10-7(3,4)9/h10H,5,8-9H2,1-4H3. The van der Waals surface area contributed by atoms with Gasteiger partial charge in [0.1, 0.15) is 0 Å². The molecule has 0 aliphatic carbocycles. The van der Waals surface area contributed by atoms with E-state index in [1.165, 1.54) is 0 Å². The zero-order valence-corrected chi connectivity index (χ0v) is 7.36. The molecule has 0 aliphatic rings. The highest BCUT2D eigenvalue weighted by atomic mass is 15.1. The molecule has 0 radical (unpaired) electrons. The third kappa shape index (κ3) is 7.88.